The van der Waals surface area contributed by atoms with Gasteiger partial charge in [-0.25, -0.2) is 0 Å². The maximum Gasteiger partial charge on any atom is 0.0121 e. The SMILES string of the molecule is CCCCCC1CC1N(C)C. The summed E-state index contributed by atoms with van der Waals surface area (Å²) in [7, 11) is 4.40. The lowest BCUT2D eigenvalue weighted by Crippen LogP contribution is -2.15. The third-order valence-electron chi connectivity index (χ3n) is 2.73. The van der Waals surface area contributed by atoms with Crippen LogP contribution < -0.4 is 0 Å². The molecule has 2 unspecified atom stereocenters. The van der Waals surface area contributed by atoms with Crippen molar-refractivity contribution in [1.29, 1.82) is 0 Å². The lowest BCUT2D eigenvalue weighted by molar-refractivity contribution is 0.370. The molecule has 11 heavy (non-hydrogen) atoms. The molecule has 0 amide bonds. The number of rotatable bonds is 5. The highest BCUT2D eigenvalue weighted by atomic mass is 15.1. The Hall–Kier alpha value is -0.0400. The zero-order chi connectivity index (χ0) is 8.27. The Balaban J connectivity index is 1.96. The molecule has 1 heteroatoms. The minimum Gasteiger partial charge on any atom is -0.306 e. The second kappa shape index (κ2) is 4.10. The summed E-state index contributed by atoms with van der Waals surface area (Å²) in [5, 5.41) is 0. The molecule has 0 spiro atoms. The zero-order valence-corrected chi connectivity index (χ0v) is 8.14. The van der Waals surface area contributed by atoms with Crippen molar-refractivity contribution in [2.45, 2.75) is 45.1 Å². The molecule has 1 aliphatic rings. The first kappa shape index (κ1) is 9.05. The van der Waals surface area contributed by atoms with Crippen molar-refractivity contribution in [2.75, 3.05) is 14.1 Å². The second-order valence-electron chi connectivity index (χ2n) is 4.02. The summed E-state index contributed by atoms with van der Waals surface area (Å²) in [4.78, 5) is 2.37. The molecule has 0 saturated heterocycles. The van der Waals surface area contributed by atoms with E-state index in [1.54, 1.807) is 0 Å². The molecular weight excluding hydrogens is 134 g/mol. The van der Waals surface area contributed by atoms with Crippen LogP contribution in [-0.2, 0) is 0 Å². The summed E-state index contributed by atoms with van der Waals surface area (Å²) in [6, 6.07) is 0.923. The second-order valence-corrected chi connectivity index (χ2v) is 4.02. The molecule has 0 bridgehead atoms. The number of nitrogens with zero attached hydrogens (tertiary/aromatic N) is 1. The number of hydrogen-bond donors (Lipinski definition) is 0. The summed E-state index contributed by atoms with van der Waals surface area (Å²) in [5.74, 6) is 1.04. The Morgan fingerprint density at radius 1 is 1.27 bits per heavy atom. The van der Waals surface area contributed by atoms with Crippen molar-refractivity contribution in [1.82, 2.24) is 4.90 Å². The van der Waals surface area contributed by atoms with Crippen molar-refractivity contribution in [2.24, 2.45) is 5.92 Å². The molecule has 1 rings (SSSR count). The monoisotopic (exact) mass is 155 g/mol. The van der Waals surface area contributed by atoms with Crippen LogP contribution in [0.5, 0.6) is 0 Å². The summed E-state index contributed by atoms with van der Waals surface area (Å²) in [6.45, 7) is 2.27. The van der Waals surface area contributed by atoms with Gasteiger partial charge in [0.15, 0.2) is 0 Å². The van der Waals surface area contributed by atoms with E-state index in [9.17, 15) is 0 Å². The van der Waals surface area contributed by atoms with Crippen LogP contribution in [0.3, 0.4) is 0 Å². The largest absolute Gasteiger partial charge is 0.306 e. The van der Waals surface area contributed by atoms with Crippen molar-refractivity contribution >= 4 is 0 Å². The molecule has 0 aliphatic heterocycles. The van der Waals surface area contributed by atoms with Crippen LogP contribution in [0.2, 0.25) is 0 Å². The molecule has 0 aromatic heterocycles. The van der Waals surface area contributed by atoms with Gasteiger partial charge in [-0.2, -0.15) is 0 Å². The van der Waals surface area contributed by atoms with Crippen molar-refractivity contribution in [3.05, 3.63) is 0 Å². The lowest BCUT2D eigenvalue weighted by atomic mass is 10.1. The number of unbranched alkanes of at least 4 members (excludes halogenated alkanes) is 2. The Morgan fingerprint density at radius 3 is 2.45 bits per heavy atom. The quantitative estimate of drug-likeness (QED) is 0.551. The molecule has 66 valence electrons. The van der Waals surface area contributed by atoms with E-state index in [4.69, 9.17) is 0 Å². The highest BCUT2D eigenvalue weighted by molar-refractivity contribution is 4.92. The fourth-order valence-corrected chi connectivity index (χ4v) is 1.83. The summed E-state index contributed by atoms with van der Waals surface area (Å²) < 4.78 is 0. The molecule has 0 aromatic carbocycles. The lowest BCUT2D eigenvalue weighted by Gasteiger charge is -2.07. The van der Waals surface area contributed by atoms with Gasteiger partial charge < -0.3 is 4.90 Å². The van der Waals surface area contributed by atoms with Crippen molar-refractivity contribution in [3.8, 4) is 0 Å². The van der Waals surface area contributed by atoms with E-state index in [0.717, 1.165) is 12.0 Å². The van der Waals surface area contributed by atoms with Crippen LogP contribution in [0.4, 0.5) is 0 Å². The predicted octanol–water partition coefficient (Wildman–Crippen LogP) is 2.52. The summed E-state index contributed by atoms with van der Waals surface area (Å²) >= 11 is 0. The standard InChI is InChI=1S/C10H21N/c1-4-5-6-7-9-8-10(9)11(2)3/h9-10H,4-8H2,1-3H3. The third-order valence-corrected chi connectivity index (χ3v) is 2.73. The summed E-state index contributed by atoms with van der Waals surface area (Å²) in [5.41, 5.74) is 0. The normalized spacial score (nSPS) is 29.5. The first-order valence-electron chi connectivity index (χ1n) is 4.92. The topological polar surface area (TPSA) is 3.24 Å². The van der Waals surface area contributed by atoms with Gasteiger partial charge in [0.1, 0.15) is 0 Å². The molecule has 1 aliphatic carbocycles. The molecule has 1 saturated carbocycles. The average Bonchev–Trinajstić information content (AvgIpc) is 2.68. The van der Waals surface area contributed by atoms with Gasteiger partial charge in [0.2, 0.25) is 0 Å². The summed E-state index contributed by atoms with van der Waals surface area (Å²) in [6.07, 6.45) is 7.16. The van der Waals surface area contributed by atoms with E-state index in [-0.39, 0.29) is 0 Å². The molecule has 1 fully saturated rings. The van der Waals surface area contributed by atoms with Crippen LogP contribution in [0.15, 0.2) is 0 Å². The van der Waals surface area contributed by atoms with E-state index in [2.05, 4.69) is 25.9 Å². The fourth-order valence-electron chi connectivity index (χ4n) is 1.83. The van der Waals surface area contributed by atoms with Crippen LogP contribution in [0, 0.1) is 5.92 Å². The van der Waals surface area contributed by atoms with Gasteiger partial charge in [0.25, 0.3) is 0 Å². The van der Waals surface area contributed by atoms with Crippen molar-refractivity contribution in [3.63, 3.8) is 0 Å². The van der Waals surface area contributed by atoms with Gasteiger partial charge >= 0.3 is 0 Å². The molecule has 2 atom stereocenters. The van der Waals surface area contributed by atoms with Gasteiger partial charge in [0.05, 0.1) is 0 Å². The van der Waals surface area contributed by atoms with Gasteiger partial charge in [-0.3, -0.25) is 0 Å². The van der Waals surface area contributed by atoms with Crippen LogP contribution >= 0.6 is 0 Å². The van der Waals surface area contributed by atoms with Gasteiger partial charge in [-0.15, -0.1) is 0 Å². The molecule has 0 heterocycles. The van der Waals surface area contributed by atoms with E-state index in [0.29, 0.717) is 0 Å². The fraction of sp³-hybridized carbons (Fsp3) is 1.00. The zero-order valence-electron chi connectivity index (χ0n) is 8.14. The van der Waals surface area contributed by atoms with E-state index in [1.807, 2.05) is 0 Å². The Kier molecular flexibility index (Phi) is 3.38. The minimum atomic E-state index is 0.923. The first-order valence-corrected chi connectivity index (χ1v) is 4.92. The van der Waals surface area contributed by atoms with E-state index >= 15 is 0 Å². The van der Waals surface area contributed by atoms with Crippen LogP contribution in [0.1, 0.15) is 39.0 Å². The Bertz CT molecular complexity index is 109. The third kappa shape index (κ3) is 2.82. The molecule has 1 nitrogen and oxygen atoms in total. The smallest absolute Gasteiger partial charge is 0.0121 e. The van der Waals surface area contributed by atoms with Crippen LogP contribution in [-0.4, -0.2) is 25.0 Å². The van der Waals surface area contributed by atoms with E-state index in [1.165, 1.54) is 32.1 Å². The molecule has 0 aromatic rings. The van der Waals surface area contributed by atoms with Gasteiger partial charge in [-0.05, 0) is 32.9 Å². The van der Waals surface area contributed by atoms with Crippen LogP contribution in [0.25, 0.3) is 0 Å². The average molecular weight is 155 g/mol. The van der Waals surface area contributed by atoms with Crippen molar-refractivity contribution < 1.29 is 0 Å². The number of hydrogen-bond acceptors (Lipinski definition) is 1. The Morgan fingerprint density at radius 2 is 2.00 bits per heavy atom. The maximum atomic E-state index is 2.37. The van der Waals surface area contributed by atoms with Gasteiger partial charge in [-0.1, -0.05) is 26.2 Å². The molecular formula is C10H21N. The first-order chi connectivity index (χ1) is 5.25. The molecule has 0 radical (unpaired) electrons. The van der Waals surface area contributed by atoms with E-state index < -0.39 is 0 Å². The highest BCUT2D eigenvalue weighted by Crippen LogP contribution is 2.38. The predicted molar refractivity (Wildman–Crippen MR) is 49.7 cm³/mol. The van der Waals surface area contributed by atoms with Gasteiger partial charge in [0, 0.05) is 6.04 Å². The Labute approximate surface area is 70.8 Å². The maximum absolute atomic E-state index is 2.37. The highest BCUT2D eigenvalue weighted by Gasteiger charge is 2.37. The molecule has 0 N–H and O–H groups in total. The minimum absolute atomic E-state index is 0.923.